The second-order valence-corrected chi connectivity index (χ2v) is 4.80. The van der Waals surface area contributed by atoms with Gasteiger partial charge in [0, 0.05) is 13.7 Å². The minimum Gasteiger partial charge on any atom is -0.383 e. The summed E-state index contributed by atoms with van der Waals surface area (Å²) in [7, 11) is -2.31. The second-order valence-electron chi connectivity index (χ2n) is 3.30. The molecule has 0 saturated heterocycles. The summed E-state index contributed by atoms with van der Waals surface area (Å²) in [5, 5.41) is 8.62. The molecule has 0 fully saturated rings. The Balaban J connectivity index is 2.76. The smallest absolute Gasteiger partial charge is 0.299 e. The summed E-state index contributed by atoms with van der Waals surface area (Å²) in [5.74, 6) is -0.701. The summed E-state index contributed by atoms with van der Waals surface area (Å²) in [6, 6.07) is 4.99. The number of ether oxygens (including phenoxy) is 1. The Morgan fingerprint density at radius 3 is 2.83 bits per heavy atom. The van der Waals surface area contributed by atoms with Crippen LogP contribution in [0.25, 0.3) is 0 Å². The Labute approximate surface area is 105 Å². The highest BCUT2D eigenvalue weighted by atomic mass is 32.2. The molecule has 0 atom stereocenters. The van der Waals surface area contributed by atoms with E-state index < -0.39 is 16.0 Å². The minimum atomic E-state index is -3.76. The highest BCUT2D eigenvalue weighted by molar-refractivity contribution is 7.90. The summed E-state index contributed by atoms with van der Waals surface area (Å²) in [6.45, 7) is 0.339. The van der Waals surface area contributed by atoms with Gasteiger partial charge in [-0.1, -0.05) is 0 Å². The van der Waals surface area contributed by atoms with Gasteiger partial charge < -0.3 is 4.74 Å². The number of hydrogen-bond acceptors (Lipinski definition) is 4. The Kier molecular flexibility index (Phi) is 5.03. The van der Waals surface area contributed by atoms with Crippen molar-refractivity contribution in [1.29, 1.82) is 5.26 Å². The Hall–Kier alpha value is -1.69. The van der Waals surface area contributed by atoms with Crippen LogP contribution in [0.3, 0.4) is 0 Å². The number of anilines is 1. The molecule has 0 aromatic heterocycles. The molecule has 98 valence electrons. The van der Waals surface area contributed by atoms with Crippen molar-refractivity contribution in [1.82, 2.24) is 4.72 Å². The number of nitriles is 1. The molecule has 1 aromatic carbocycles. The van der Waals surface area contributed by atoms with Crippen LogP contribution in [0.1, 0.15) is 5.56 Å². The lowest BCUT2D eigenvalue weighted by Gasteiger charge is -2.09. The van der Waals surface area contributed by atoms with E-state index in [-0.39, 0.29) is 24.4 Å². The number of benzene rings is 1. The van der Waals surface area contributed by atoms with Crippen molar-refractivity contribution in [3.05, 3.63) is 29.6 Å². The average Bonchev–Trinajstić information content (AvgIpc) is 2.31. The third-order valence-electron chi connectivity index (χ3n) is 1.94. The van der Waals surface area contributed by atoms with Crippen molar-refractivity contribution in [3.8, 4) is 6.07 Å². The first-order valence-electron chi connectivity index (χ1n) is 4.94. The maximum atomic E-state index is 13.0. The van der Waals surface area contributed by atoms with Crippen molar-refractivity contribution in [2.75, 3.05) is 25.0 Å². The third-order valence-corrected chi connectivity index (χ3v) is 3.03. The fourth-order valence-electron chi connectivity index (χ4n) is 1.14. The van der Waals surface area contributed by atoms with Gasteiger partial charge in [0.05, 0.1) is 17.9 Å². The first-order valence-corrected chi connectivity index (χ1v) is 6.43. The molecule has 0 amide bonds. The monoisotopic (exact) mass is 273 g/mol. The molecule has 0 aliphatic carbocycles. The highest BCUT2D eigenvalue weighted by Gasteiger charge is 2.10. The molecular formula is C10H12FN3O3S. The van der Waals surface area contributed by atoms with Crippen LogP contribution in [0, 0.1) is 17.1 Å². The maximum Gasteiger partial charge on any atom is 0.299 e. The number of halogens is 1. The molecule has 2 N–H and O–H groups in total. The van der Waals surface area contributed by atoms with Crippen LogP contribution in [-0.2, 0) is 14.9 Å². The van der Waals surface area contributed by atoms with Gasteiger partial charge in [-0.25, -0.2) is 4.39 Å². The van der Waals surface area contributed by atoms with Gasteiger partial charge in [0.2, 0.25) is 0 Å². The number of rotatable bonds is 6. The molecular weight excluding hydrogens is 261 g/mol. The number of nitrogens with one attached hydrogen (secondary N) is 2. The van der Waals surface area contributed by atoms with Crippen molar-refractivity contribution in [3.63, 3.8) is 0 Å². The van der Waals surface area contributed by atoms with Crippen molar-refractivity contribution in [2.24, 2.45) is 0 Å². The molecule has 0 spiro atoms. The zero-order valence-electron chi connectivity index (χ0n) is 9.60. The van der Waals surface area contributed by atoms with Crippen LogP contribution in [0.4, 0.5) is 10.1 Å². The molecule has 1 aromatic rings. The standard InChI is InChI=1S/C10H12FN3O3S/c1-17-5-4-13-18(15,16)14-9-2-3-10(11)8(6-9)7-12/h2-3,6,13-14H,4-5H2,1H3. The topological polar surface area (TPSA) is 91.2 Å². The summed E-state index contributed by atoms with van der Waals surface area (Å²) in [4.78, 5) is 0. The van der Waals surface area contributed by atoms with E-state index >= 15 is 0 Å². The number of nitrogens with zero attached hydrogens (tertiary/aromatic N) is 1. The molecule has 0 radical (unpaired) electrons. The van der Waals surface area contributed by atoms with Crippen LogP contribution in [-0.4, -0.2) is 28.7 Å². The summed E-state index contributed by atoms with van der Waals surface area (Å²) >= 11 is 0. The van der Waals surface area contributed by atoms with E-state index in [0.717, 1.165) is 12.1 Å². The fourth-order valence-corrected chi connectivity index (χ4v) is 2.01. The predicted molar refractivity (Wildman–Crippen MR) is 63.5 cm³/mol. The lowest BCUT2D eigenvalue weighted by atomic mass is 10.2. The maximum absolute atomic E-state index is 13.0. The zero-order valence-corrected chi connectivity index (χ0v) is 10.4. The molecule has 18 heavy (non-hydrogen) atoms. The van der Waals surface area contributed by atoms with Crippen molar-refractivity contribution < 1.29 is 17.5 Å². The summed E-state index contributed by atoms with van der Waals surface area (Å²) in [5.41, 5.74) is -0.120. The molecule has 0 aliphatic rings. The Bertz CT molecular complexity index is 554. The number of methoxy groups -OCH3 is 1. The molecule has 0 heterocycles. The van der Waals surface area contributed by atoms with E-state index in [4.69, 9.17) is 10.00 Å². The third kappa shape index (κ3) is 4.29. The first-order chi connectivity index (χ1) is 8.48. The lowest BCUT2D eigenvalue weighted by molar-refractivity contribution is 0.204. The average molecular weight is 273 g/mol. The van der Waals surface area contributed by atoms with Gasteiger partial charge in [0.1, 0.15) is 11.9 Å². The first kappa shape index (κ1) is 14.4. The van der Waals surface area contributed by atoms with Gasteiger partial charge in [-0.3, -0.25) is 4.72 Å². The minimum absolute atomic E-state index is 0.109. The Morgan fingerprint density at radius 1 is 1.50 bits per heavy atom. The molecule has 0 bridgehead atoms. The van der Waals surface area contributed by atoms with E-state index in [1.54, 1.807) is 6.07 Å². The summed E-state index contributed by atoms with van der Waals surface area (Å²) in [6.07, 6.45) is 0. The molecule has 0 saturated carbocycles. The largest absolute Gasteiger partial charge is 0.383 e. The van der Waals surface area contributed by atoms with Crippen LogP contribution >= 0.6 is 0 Å². The highest BCUT2D eigenvalue weighted by Crippen LogP contribution is 2.14. The fraction of sp³-hybridized carbons (Fsp3) is 0.300. The van der Waals surface area contributed by atoms with Crippen LogP contribution < -0.4 is 9.44 Å². The van der Waals surface area contributed by atoms with Crippen molar-refractivity contribution in [2.45, 2.75) is 0 Å². The normalized spacial score (nSPS) is 10.9. The second kappa shape index (κ2) is 6.30. The molecule has 1 rings (SSSR count). The van der Waals surface area contributed by atoms with Gasteiger partial charge in [-0.05, 0) is 18.2 Å². The van der Waals surface area contributed by atoms with Crippen LogP contribution in [0.5, 0.6) is 0 Å². The van der Waals surface area contributed by atoms with E-state index in [1.807, 2.05) is 0 Å². The predicted octanol–water partition coefficient (Wildman–Crippen LogP) is 0.590. The van der Waals surface area contributed by atoms with Gasteiger partial charge in [0.25, 0.3) is 10.2 Å². The molecule has 6 nitrogen and oxygen atoms in total. The van der Waals surface area contributed by atoms with Gasteiger partial charge in [-0.15, -0.1) is 0 Å². The van der Waals surface area contributed by atoms with Crippen molar-refractivity contribution >= 4 is 15.9 Å². The van der Waals surface area contributed by atoms with E-state index in [0.29, 0.717) is 0 Å². The SMILES string of the molecule is COCCNS(=O)(=O)Nc1ccc(F)c(C#N)c1. The Morgan fingerprint density at radius 2 is 2.22 bits per heavy atom. The molecule has 0 aliphatic heterocycles. The van der Waals surface area contributed by atoms with E-state index in [1.165, 1.54) is 13.2 Å². The quantitative estimate of drug-likeness (QED) is 0.742. The van der Waals surface area contributed by atoms with Crippen LogP contribution in [0.2, 0.25) is 0 Å². The zero-order chi connectivity index (χ0) is 13.6. The van der Waals surface area contributed by atoms with Crippen LogP contribution in [0.15, 0.2) is 18.2 Å². The van der Waals surface area contributed by atoms with Gasteiger partial charge in [-0.2, -0.15) is 18.4 Å². The molecule has 0 unspecified atom stereocenters. The lowest BCUT2D eigenvalue weighted by Crippen LogP contribution is -2.32. The van der Waals surface area contributed by atoms with Gasteiger partial charge >= 0.3 is 0 Å². The summed E-state index contributed by atoms with van der Waals surface area (Å²) < 4.78 is 45.1. The molecule has 8 heteroatoms. The van der Waals surface area contributed by atoms with Gasteiger partial charge in [0.15, 0.2) is 0 Å². The van der Waals surface area contributed by atoms with E-state index in [2.05, 4.69) is 9.44 Å². The van der Waals surface area contributed by atoms with E-state index in [9.17, 15) is 12.8 Å². The number of hydrogen-bond donors (Lipinski definition) is 2.